The molecular formula is C5H9ClO2. The third kappa shape index (κ3) is 41.9. The Morgan fingerprint density at radius 3 is 1.75 bits per heavy atom. The van der Waals surface area contributed by atoms with E-state index in [0.717, 1.165) is 0 Å². The number of aliphatic hydroxyl groups excluding tert-OH is 2. The van der Waals surface area contributed by atoms with E-state index >= 15 is 0 Å². The van der Waals surface area contributed by atoms with Gasteiger partial charge in [-0.2, -0.15) is 0 Å². The Kier molecular flexibility index (Phi) is 21.2. The Morgan fingerprint density at radius 2 is 1.75 bits per heavy atom. The quantitative estimate of drug-likeness (QED) is 0.388. The molecule has 0 aromatic heterocycles. The van der Waals surface area contributed by atoms with E-state index in [-0.39, 0.29) is 13.2 Å². The smallest absolute Gasteiger partial charge is 0.103 e. The summed E-state index contributed by atoms with van der Waals surface area (Å²) in [5.41, 5.74) is 0. The number of terminal acetylenes is 1. The molecule has 0 radical (unpaired) electrons. The van der Waals surface area contributed by atoms with E-state index in [1.807, 2.05) is 5.92 Å². The Balaban J connectivity index is 0. The van der Waals surface area contributed by atoms with Gasteiger partial charge in [-0.15, -0.1) is 18.0 Å². The molecule has 0 saturated heterocycles. The van der Waals surface area contributed by atoms with Gasteiger partial charge in [0, 0.05) is 5.88 Å². The summed E-state index contributed by atoms with van der Waals surface area (Å²) in [7, 11) is 0. The van der Waals surface area contributed by atoms with Gasteiger partial charge in [-0.3, -0.25) is 0 Å². The second-order valence-corrected chi connectivity index (χ2v) is 1.15. The minimum absolute atomic E-state index is 0.0849. The molecular weight excluding hydrogens is 128 g/mol. The fourth-order valence-corrected chi connectivity index (χ4v) is 0. The maximum absolute atomic E-state index is 7.74. The third-order valence-electron chi connectivity index (χ3n) is 0.176. The topological polar surface area (TPSA) is 40.5 Å². The molecule has 0 aromatic carbocycles. The first-order valence-corrected chi connectivity index (χ1v) is 2.58. The first-order chi connectivity index (χ1) is 3.83. The first kappa shape index (κ1) is 10.7. The van der Waals surface area contributed by atoms with Gasteiger partial charge in [-0.25, -0.2) is 0 Å². The molecule has 0 unspecified atom stereocenters. The highest BCUT2D eigenvalue weighted by Crippen LogP contribution is 1.63. The highest BCUT2D eigenvalue weighted by atomic mass is 35.5. The Morgan fingerprint density at radius 1 is 1.50 bits per heavy atom. The van der Waals surface area contributed by atoms with Gasteiger partial charge in [-0.1, -0.05) is 5.92 Å². The van der Waals surface area contributed by atoms with Gasteiger partial charge < -0.3 is 10.2 Å². The minimum Gasteiger partial charge on any atom is -0.395 e. The van der Waals surface area contributed by atoms with Crippen molar-refractivity contribution in [3.8, 4) is 12.3 Å². The molecule has 0 aliphatic rings. The molecule has 0 bridgehead atoms. The van der Waals surface area contributed by atoms with Crippen LogP contribution in [0.15, 0.2) is 0 Å². The lowest BCUT2D eigenvalue weighted by Crippen LogP contribution is -1.76. The lowest BCUT2D eigenvalue weighted by atomic mass is 10.8. The molecule has 2 nitrogen and oxygen atoms in total. The maximum Gasteiger partial charge on any atom is 0.103 e. The van der Waals surface area contributed by atoms with Crippen LogP contribution >= 0.6 is 11.6 Å². The molecule has 0 heterocycles. The average molecular weight is 137 g/mol. The van der Waals surface area contributed by atoms with Gasteiger partial charge >= 0.3 is 0 Å². The summed E-state index contributed by atoms with van der Waals surface area (Å²) in [5, 5.41) is 15.4. The second-order valence-electron chi connectivity index (χ2n) is 0.775. The predicted molar refractivity (Wildman–Crippen MR) is 33.7 cm³/mol. The van der Waals surface area contributed by atoms with Crippen molar-refractivity contribution in [3.05, 3.63) is 0 Å². The molecule has 0 saturated carbocycles. The van der Waals surface area contributed by atoms with Gasteiger partial charge in [0.05, 0.1) is 6.61 Å². The minimum atomic E-state index is -0.153. The van der Waals surface area contributed by atoms with Crippen LogP contribution in [-0.4, -0.2) is 29.3 Å². The molecule has 0 amide bonds. The molecule has 0 atom stereocenters. The predicted octanol–water partition coefficient (Wildman–Crippen LogP) is -0.171. The molecule has 0 fully saturated rings. The largest absolute Gasteiger partial charge is 0.395 e. The highest BCUT2D eigenvalue weighted by molar-refractivity contribution is 6.17. The van der Waals surface area contributed by atoms with Crippen molar-refractivity contribution in [1.29, 1.82) is 0 Å². The fourth-order valence-electron chi connectivity index (χ4n) is 0. The van der Waals surface area contributed by atoms with Gasteiger partial charge in [0.15, 0.2) is 0 Å². The van der Waals surface area contributed by atoms with Gasteiger partial charge in [-0.05, 0) is 0 Å². The van der Waals surface area contributed by atoms with Crippen molar-refractivity contribution >= 4 is 11.6 Å². The van der Waals surface area contributed by atoms with Crippen molar-refractivity contribution in [2.24, 2.45) is 0 Å². The van der Waals surface area contributed by atoms with Crippen molar-refractivity contribution in [1.82, 2.24) is 0 Å². The first-order valence-electron chi connectivity index (χ1n) is 2.04. The Labute approximate surface area is 54.1 Å². The average Bonchev–Trinajstić information content (AvgIpc) is 1.88. The molecule has 2 N–H and O–H groups in total. The van der Waals surface area contributed by atoms with Crippen LogP contribution in [0.1, 0.15) is 0 Å². The Bertz CT molecular complexity index is 55.9. The number of halogens is 1. The molecule has 0 aromatic rings. The van der Waals surface area contributed by atoms with E-state index in [0.29, 0.717) is 5.88 Å². The summed E-state index contributed by atoms with van der Waals surface area (Å²) in [6.45, 7) is -0.0679. The SMILES string of the molecule is C#CCO.OCCCl. The second kappa shape index (κ2) is 15.9. The molecule has 8 heavy (non-hydrogen) atoms. The van der Waals surface area contributed by atoms with Crippen LogP contribution in [0.3, 0.4) is 0 Å². The van der Waals surface area contributed by atoms with E-state index in [1.54, 1.807) is 0 Å². The lowest BCUT2D eigenvalue weighted by molar-refractivity contribution is 0.321. The Hall–Kier alpha value is -0.230. The summed E-state index contributed by atoms with van der Waals surface area (Å²) in [4.78, 5) is 0. The zero-order valence-electron chi connectivity index (χ0n) is 4.47. The summed E-state index contributed by atoms with van der Waals surface area (Å²) < 4.78 is 0. The fraction of sp³-hybridized carbons (Fsp3) is 0.600. The third-order valence-corrected chi connectivity index (χ3v) is 0.345. The van der Waals surface area contributed by atoms with Crippen LogP contribution in [0.25, 0.3) is 0 Å². The molecule has 0 aliphatic heterocycles. The zero-order valence-corrected chi connectivity index (χ0v) is 5.23. The van der Waals surface area contributed by atoms with E-state index in [1.165, 1.54) is 0 Å². The van der Waals surface area contributed by atoms with Crippen molar-refractivity contribution in [2.75, 3.05) is 19.1 Å². The lowest BCUT2D eigenvalue weighted by Gasteiger charge is -1.67. The molecule has 3 heteroatoms. The molecule has 0 aliphatic carbocycles. The van der Waals surface area contributed by atoms with Crippen LogP contribution in [0, 0.1) is 12.3 Å². The van der Waals surface area contributed by atoms with E-state index < -0.39 is 0 Å². The number of hydrogen-bond acceptors (Lipinski definition) is 2. The van der Waals surface area contributed by atoms with Crippen molar-refractivity contribution in [2.45, 2.75) is 0 Å². The zero-order chi connectivity index (χ0) is 6.83. The summed E-state index contributed by atoms with van der Waals surface area (Å²) in [6, 6.07) is 0. The van der Waals surface area contributed by atoms with Crippen LogP contribution in [0.2, 0.25) is 0 Å². The summed E-state index contributed by atoms with van der Waals surface area (Å²) >= 11 is 4.94. The molecule has 0 spiro atoms. The number of hydrogen-bond donors (Lipinski definition) is 2. The van der Waals surface area contributed by atoms with Crippen LogP contribution in [0.5, 0.6) is 0 Å². The van der Waals surface area contributed by atoms with Crippen molar-refractivity contribution in [3.63, 3.8) is 0 Å². The summed E-state index contributed by atoms with van der Waals surface area (Å²) in [5.74, 6) is 2.33. The monoisotopic (exact) mass is 136 g/mol. The molecule has 0 rings (SSSR count). The van der Waals surface area contributed by atoms with Crippen molar-refractivity contribution < 1.29 is 10.2 Å². The van der Waals surface area contributed by atoms with E-state index in [9.17, 15) is 0 Å². The van der Waals surface area contributed by atoms with Crippen LogP contribution in [-0.2, 0) is 0 Å². The van der Waals surface area contributed by atoms with Gasteiger partial charge in [0.1, 0.15) is 6.61 Å². The molecule has 48 valence electrons. The standard InChI is InChI=1S/C3H4O.C2H5ClO/c1-2-3-4;3-1-2-4/h1,4H,3H2;4H,1-2H2. The van der Waals surface area contributed by atoms with E-state index in [2.05, 4.69) is 6.42 Å². The number of alkyl halides is 1. The van der Waals surface area contributed by atoms with E-state index in [4.69, 9.17) is 21.8 Å². The van der Waals surface area contributed by atoms with Crippen LogP contribution in [0.4, 0.5) is 0 Å². The van der Waals surface area contributed by atoms with Gasteiger partial charge in [0.2, 0.25) is 0 Å². The van der Waals surface area contributed by atoms with Gasteiger partial charge in [0.25, 0.3) is 0 Å². The highest BCUT2D eigenvalue weighted by Gasteiger charge is 1.60. The summed E-state index contributed by atoms with van der Waals surface area (Å²) in [6.07, 6.45) is 4.53. The normalized spacial score (nSPS) is 6.25. The van der Waals surface area contributed by atoms with Crippen LogP contribution < -0.4 is 0 Å². The number of aliphatic hydroxyl groups is 2. The maximum atomic E-state index is 7.74. The number of rotatable bonds is 1.